The number of nitrogens with zero attached hydrogens (tertiary/aromatic N) is 1. The number of carbonyl (C=O) groups is 2. The number of carbonyl (C=O) groups excluding carboxylic acids is 2. The van der Waals surface area contributed by atoms with E-state index >= 15 is 0 Å². The van der Waals surface area contributed by atoms with Crippen LogP contribution < -0.4 is 10.2 Å². The molecule has 0 unspecified atom stereocenters. The highest BCUT2D eigenvalue weighted by atomic mass is 16.2. The predicted molar refractivity (Wildman–Crippen MR) is 73.1 cm³/mol. The van der Waals surface area contributed by atoms with Crippen molar-refractivity contribution in [2.45, 2.75) is 32.2 Å². The van der Waals surface area contributed by atoms with Gasteiger partial charge in [0.15, 0.2) is 0 Å². The first kappa shape index (κ1) is 12.2. The summed E-state index contributed by atoms with van der Waals surface area (Å²) in [6.07, 6.45) is 2.35. The number of benzene rings is 1. The van der Waals surface area contributed by atoms with Crippen molar-refractivity contribution in [1.82, 2.24) is 5.32 Å². The van der Waals surface area contributed by atoms with Crippen molar-refractivity contribution in [3.8, 4) is 0 Å². The van der Waals surface area contributed by atoms with Crippen molar-refractivity contribution in [2.24, 2.45) is 5.92 Å². The number of rotatable bonds is 2. The van der Waals surface area contributed by atoms with Gasteiger partial charge >= 0.3 is 0 Å². The lowest BCUT2D eigenvalue weighted by Gasteiger charge is -2.29. The van der Waals surface area contributed by atoms with Crippen LogP contribution in [0.25, 0.3) is 0 Å². The van der Waals surface area contributed by atoms with Crippen molar-refractivity contribution in [3.05, 3.63) is 29.8 Å². The van der Waals surface area contributed by atoms with Gasteiger partial charge in [0.1, 0.15) is 5.54 Å². The number of fused-ring (bicyclic) bond motifs is 1. The average Bonchev–Trinajstić information content (AvgIpc) is 3.18. The molecule has 1 aliphatic heterocycles. The second-order valence-corrected chi connectivity index (χ2v) is 5.96. The molecule has 2 amide bonds. The zero-order chi connectivity index (χ0) is 13.6. The molecule has 3 rings (SSSR count). The molecule has 0 atom stereocenters. The molecule has 19 heavy (non-hydrogen) atoms. The van der Waals surface area contributed by atoms with E-state index in [-0.39, 0.29) is 11.8 Å². The molecule has 1 aromatic carbocycles. The Kier molecular flexibility index (Phi) is 2.62. The zero-order valence-corrected chi connectivity index (χ0v) is 11.3. The molecule has 1 aliphatic carbocycles. The Morgan fingerprint density at radius 3 is 2.63 bits per heavy atom. The monoisotopic (exact) mass is 258 g/mol. The molecule has 4 nitrogen and oxygen atoms in total. The van der Waals surface area contributed by atoms with E-state index in [1.165, 1.54) is 12.8 Å². The lowest BCUT2D eigenvalue weighted by molar-refractivity contribution is -0.123. The van der Waals surface area contributed by atoms with Gasteiger partial charge in [-0.2, -0.15) is 0 Å². The summed E-state index contributed by atoms with van der Waals surface area (Å²) in [6, 6.07) is 7.34. The van der Waals surface area contributed by atoms with Crippen molar-refractivity contribution in [1.29, 1.82) is 0 Å². The fraction of sp³-hybridized carbons (Fsp3) is 0.467. The van der Waals surface area contributed by atoms with Gasteiger partial charge in [-0.25, -0.2) is 0 Å². The molecule has 4 heteroatoms. The summed E-state index contributed by atoms with van der Waals surface area (Å²) in [5.41, 5.74) is 0.468. The van der Waals surface area contributed by atoms with E-state index in [0.717, 1.165) is 5.69 Å². The topological polar surface area (TPSA) is 49.4 Å². The molecule has 0 spiro atoms. The van der Waals surface area contributed by atoms with Crippen molar-refractivity contribution >= 4 is 17.5 Å². The Balaban J connectivity index is 2.08. The first-order valence-corrected chi connectivity index (χ1v) is 6.72. The summed E-state index contributed by atoms with van der Waals surface area (Å²) in [5, 5.41) is 2.82. The molecule has 1 aromatic rings. The van der Waals surface area contributed by atoms with Crippen LogP contribution in [0.2, 0.25) is 0 Å². The van der Waals surface area contributed by atoms with E-state index in [2.05, 4.69) is 5.32 Å². The summed E-state index contributed by atoms with van der Waals surface area (Å²) in [5.74, 6) is 0.381. The number of nitrogens with one attached hydrogen (secondary N) is 1. The predicted octanol–water partition coefficient (Wildman–Crippen LogP) is 1.95. The SMILES string of the molecule is CC1(C)NC(=O)c2ccccc2N(CC2CC2)C1=O. The van der Waals surface area contributed by atoms with Gasteiger partial charge in [-0.1, -0.05) is 12.1 Å². The summed E-state index contributed by atoms with van der Waals surface area (Å²) in [6.45, 7) is 4.24. The van der Waals surface area contributed by atoms with Gasteiger partial charge in [-0.05, 0) is 44.7 Å². The smallest absolute Gasteiger partial charge is 0.254 e. The van der Waals surface area contributed by atoms with E-state index < -0.39 is 5.54 Å². The highest BCUT2D eigenvalue weighted by Gasteiger charge is 2.41. The summed E-state index contributed by atoms with van der Waals surface area (Å²) >= 11 is 0. The minimum atomic E-state index is -0.856. The van der Waals surface area contributed by atoms with Crippen molar-refractivity contribution in [2.75, 3.05) is 11.4 Å². The largest absolute Gasteiger partial charge is 0.338 e. The summed E-state index contributed by atoms with van der Waals surface area (Å²) in [7, 11) is 0. The van der Waals surface area contributed by atoms with Gasteiger partial charge in [-0.3, -0.25) is 9.59 Å². The molecule has 1 saturated carbocycles. The molecule has 0 radical (unpaired) electrons. The summed E-state index contributed by atoms with van der Waals surface area (Å²) in [4.78, 5) is 26.7. The third kappa shape index (κ3) is 2.11. The summed E-state index contributed by atoms with van der Waals surface area (Å²) < 4.78 is 0. The van der Waals surface area contributed by atoms with Crippen LogP contribution in [-0.4, -0.2) is 23.9 Å². The van der Waals surface area contributed by atoms with Gasteiger partial charge in [0.25, 0.3) is 11.8 Å². The Hall–Kier alpha value is -1.84. The molecular formula is C15H18N2O2. The van der Waals surface area contributed by atoms with Crippen LogP contribution in [0.4, 0.5) is 5.69 Å². The number of anilines is 1. The van der Waals surface area contributed by atoms with E-state index in [9.17, 15) is 9.59 Å². The zero-order valence-electron chi connectivity index (χ0n) is 11.3. The molecule has 1 N–H and O–H groups in total. The number of para-hydroxylation sites is 1. The number of hydrogen-bond donors (Lipinski definition) is 1. The fourth-order valence-electron chi connectivity index (χ4n) is 2.49. The van der Waals surface area contributed by atoms with Gasteiger partial charge in [0.05, 0.1) is 11.3 Å². The highest BCUT2D eigenvalue weighted by Crippen LogP contribution is 2.34. The van der Waals surface area contributed by atoms with E-state index in [4.69, 9.17) is 0 Å². The maximum Gasteiger partial charge on any atom is 0.254 e. The van der Waals surface area contributed by atoms with Crippen LogP contribution >= 0.6 is 0 Å². The number of amides is 2. The third-order valence-electron chi connectivity index (χ3n) is 3.78. The van der Waals surface area contributed by atoms with Crippen molar-refractivity contribution in [3.63, 3.8) is 0 Å². The minimum absolute atomic E-state index is 0.0299. The first-order chi connectivity index (χ1) is 8.99. The molecule has 1 heterocycles. The molecule has 1 fully saturated rings. The third-order valence-corrected chi connectivity index (χ3v) is 3.78. The molecule has 2 aliphatic rings. The van der Waals surface area contributed by atoms with Crippen LogP contribution in [0, 0.1) is 5.92 Å². The van der Waals surface area contributed by atoms with E-state index in [1.54, 1.807) is 24.8 Å². The Labute approximate surface area is 112 Å². The normalized spacial score (nSPS) is 21.7. The van der Waals surface area contributed by atoms with Crippen LogP contribution in [-0.2, 0) is 4.79 Å². The fourth-order valence-corrected chi connectivity index (χ4v) is 2.49. The van der Waals surface area contributed by atoms with Crippen molar-refractivity contribution < 1.29 is 9.59 Å². The minimum Gasteiger partial charge on any atom is -0.338 e. The van der Waals surface area contributed by atoms with E-state index in [1.807, 2.05) is 18.2 Å². The van der Waals surface area contributed by atoms with Crippen LogP contribution in [0.15, 0.2) is 24.3 Å². The van der Waals surface area contributed by atoms with Gasteiger partial charge in [0.2, 0.25) is 0 Å². The molecule has 0 bridgehead atoms. The lowest BCUT2D eigenvalue weighted by atomic mass is 10.0. The average molecular weight is 258 g/mol. The van der Waals surface area contributed by atoms with Gasteiger partial charge in [0, 0.05) is 6.54 Å². The maximum absolute atomic E-state index is 12.6. The van der Waals surface area contributed by atoms with E-state index in [0.29, 0.717) is 18.0 Å². The lowest BCUT2D eigenvalue weighted by Crippen LogP contribution is -2.54. The Morgan fingerprint density at radius 1 is 1.26 bits per heavy atom. The van der Waals surface area contributed by atoms with Gasteiger partial charge in [-0.15, -0.1) is 0 Å². The first-order valence-electron chi connectivity index (χ1n) is 6.72. The molecule has 0 aromatic heterocycles. The molecule has 0 saturated heterocycles. The highest BCUT2D eigenvalue weighted by molar-refractivity contribution is 6.12. The standard InChI is InChI=1S/C15H18N2O2/c1-15(2)14(19)17(9-10-7-8-10)12-6-4-3-5-11(12)13(18)16-15/h3-6,10H,7-9H2,1-2H3,(H,16,18). The van der Waals surface area contributed by atoms with Crippen LogP contribution in [0.1, 0.15) is 37.0 Å². The second kappa shape index (κ2) is 4.08. The number of hydrogen-bond acceptors (Lipinski definition) is 2. The Bertz CT molecular complexity index is 547. The quantitative estimate of drug-likeness (QED) is 0.881. The van der Waals surface area contributed by atoms with Crippen LogP contribution in [0.5, 0.6) is 0 Å². The van der Waals surface area contributed by atoms with Gasteiger partial charge < -0.3 is 10.2 Å². The molecule has 100 valence electrons. The molecular weight excluding hydrogens is 240 g/mol. The van der Waals surface area contributed by atoms with Crippen LogP contribution in [0.3, 0.4) is 0 Å². The second-order valence-electron chi connectivity index (χ2n) is 5.96. The maximum atomic E-state index is 12.6. The Morgan fingerprint density at radius 2 is 1.95 bits per heavy atom.